The van der Waals surface area contributed by atoms with Crippen LogP contribution in [0.15, 0.2) is 78.9 Å². The first-order chi connectivity index (χ1) is 15.8. The first kappa shape index (κ1) is 21.2. The van der Waals surface area contributed by atoms with Gasteiger partial charge in [-0.1, -0.05) is 54.6 Å². The van der Waals surface area contributed by atoms with Crippen LogP contribution in [0.2, 0.25) is 0 Å². The number of nitrogens with zero attached hydrogens (tertiary/aromatic N) is 1. The zero-order chi connectivity index (χ0) is 21.8. The third-order valence-electron chi connectivity index (χ3n) is 7.32. The number of aryl methyl sites for hydroxylation is 1. The van der Waals surface area contributed by atoms with Gasteiger partial charge in [-0.05, 0) is 105 Å². The van der Waals surface area contributed by atoms with Crippen LogP contribution in [0.5, 0.6) is 11.5 Å². The fraction of sp³-hybridized carbons (Fsp3) is 0.379. The summed E-state index contributed by atoms with van der Waals surface area (Å²) in [7, 11) is 0. The fourth-order valence-electron chi connectivity index (χ4n) is 5.39. The van der Waals surface area contributed by atoms with Gasteiger partial charge in [0, 0.05) is 0 Å². The monoisotopic (exact) mass is 427 g/mol. The lowest BCUT2D eigenvalue weighted by Gasteiger charge is -2.35. The Morgan fingerprint density at radius 3 is 2.28 bits per heavy atom. The maximum Gasteiger partial charge on any atom is 0.127 e. The molecule has 0 radical (unpaired) electrons. The first-order valence-corrected chi connectivity index (χ1v) is 12.1. The first-order valence-electron chi connectivity index (χ1n) is 12.1. The minimum Gasteiger partial charge on any atom is -0.457 e. The molecular formula is C29H33NO2. The number of ether oxygens (including phenoxy) is 1. The van der Waals surface area contributed by atoms with E-state index in [1.54, 1.807) is 0 Å². The molecule has 0 saturated carbocycles. The van der Waals surface area contributed by atoms with E-state index in [2.05, 4.69) is 47.4 Å². The average molecular weight is 428 g/mol. The zero-order valence-electron chi connectivity index (χ0n) is 18.7. The van der Waals surface area contributed by atoms with Crippen LogP contribution in [0.1, 0.15) is 54.4 Å². The van der Waals surface area contributed by atoms with Gasteiger partial charge in [0.2, 0.25) is 0 Å². The summed E-state index contributed by atoms with van der Waals surface area (Å²) in [5.41, 5.74) is 3.80. The van der Waals surface area contributed by atoms with Crippen LogP contribution in [0, 0.1) is 5.92 Å². The third-order valence-corrected chi connectivity index (χ3v) is 7.32. The van der Waals surface area contributed by atoms with E-state index < -0.39 is 0 Å². The highest BCUT2D eigenvalue weighted by atomic mass is 16.5. The molecule has 0 amide bonds. The van der Waals surface area contributed by atoms with Crippen LogP contribution in [-0.2, 0) is 6.42 Å². The highest BCUT2D eigenvalue weighted by molar-refractivity contribution is 5.41. The van der Waals surface area contributed by atoms with Crippen molar-refractivity contribution in [2.75, 3.05) is 19.6 Å². The van der Waals surface area contributed by atoms with E-state index in [-0.39, 0.29) is 6.10 Å². The summed E-state index contributed by atoms with van der Waals surface area (Å²) < 4.78 is 5.99. The van der Waals surface area contributed by atoms with E-state index in [0.717, 1.165) is 42.9 Å². The molecule has 166 valence electrons. The maximum absolute atomic E-state index is 11.1. The summed E-state index contributed by atoms with van der Waals surface area (Å²) in [4.78, 5) is 2.60. The SMILES string of the molecule is O[C@H]1c2ccc(Oc3ccccc3)cc2CC[C@@H]1CCN1CCC(c2ccccc2)CC1. The molecule has 0 bridgehead atoms. The van der Waals surface area contributed by atoms with Gasteiger partial charge in [0.15, 0.2) is 0 Å². The molecule has 0 unspecified atom stereocenters. The molecule has 3 aromatic rings. The molecule has 0 aromatic heterocycles. The lowest BCUT2D eigenvalue weighted by molar-refractivity contribution is 0.0771. The predicted octanol–water partition coefficient (Wildman–Crippen LogP) is 6.34. The van der Waals surface area contributed by atoms with Gasteiger partial charge in [-0.25, -0.2) is 0 Å². The smallest absolute Gasteiger partial charge is 0.127 e. The summed E-state index contributed by atoms with van der Waals surface area (Å²) in [5, 5.41) is 11.1. The van der Waals surface area contributed by atoms with Crippen LogP contribution >= 0.6 is 0 Å². The molecule has 3 aromatic carbocycles. The number of benzene rings is 3. The summed E-state index contributed by atoms with van der Waals surface area (Å²) in [6, 6.07) is 27.0. The van der Waals surface area contributed by atoms with Crippen molar-refractivity contribution in [3.8, 4) is 11.5 Å². The average Bonchev–Trinajstić information content (AvgIpc) is 2.85. The van der Waals surface area contributed by atoms with E-state index in [9.17, 15) is 5.11 Å². The van der Waals surface area contributed by atoms with Gasteiger partial charge in [0.1, 0.15) is 11.5 Å². The van der Waals surface area contributed by atoms with Gasteiger partial charge >= 0.3 is 0 Å². The molecule has 1 N–H and O–H groups in total. The van der Waals surface area contributed by atoms with E-state index in [1.807, 2.05) is 36.4 Å². The highest BCUT2D eigenvalue weighted by Gasteiger charge is 2.29. The number of fused-ring (bicyclic) bond motifs is 1. The molecule has 3 nitrogen and oxygen atoms in total. The summed E-state index contributed by atoms with van der Waals surface area (Å²) in [6.07, 6.45) is 5.24. The standard InChI is InChI=1S/C29H33NO2/c31-29-24(17-20-30-18-15-23(16-19-30)22-7-3-1-4-8-22)11-12-25-21-27(13-14-28(25)29)32-26-9-5-2-6-10-26/h1-10,13-14,21,23-24,29,31H,11-12,15-20H2/t24-,29-/m1/s1. The largest absolute Gasteiger partial charge is 0.457 e. The maximum atomic E-state index is 11.1. The van der Waals surface area contributed by atoms with Gasteiger partial charge in [-0.3, -0.25) is 0 Å². The number of hydrogen-bond acceptors (Lipinski definition) is 3. The molecule has 1 aliphatic carbocycles. The van der Waals surface area contributed by atoms with Crippen molar-refractivity contribution >= 4 is 0 Å². The Labute approximate surface area is 191 Å². The number of hydrogen-bond donors (Lipinski definition) is 1. The van der Waals surface area contributed by atoms with Crippen molar-refractivity contribution in [3.05, 3.63) is 95.6 Å². The second-order valence-electron chi connectivity index (χ2n) is 9.33. The van der Waals surface area contributed by atoms with Gasteiger partial charge in [-0.2, -0.15) is 0 Å². The molecule has 0 spiro atoms. The minimum atomic E-state index is -0.369. The summed E-state index contributed by atoms with van der Waals surface area (Å²) in [6.45, 7) is 3.42. The Bertz CT molecular complexity index is 996. The number of piperidine rings is 1. The number of likely N-dealkylation sites (tertiary alicyclic amines) is 1. The van der Waals surface area contributed by atoms with Crippen LogP contribution in [0.25, 0.3) is 0 Å². The quantitative estimate of drug-likeness (QED) is 0.498. The summed E-state index contributed by atoms with van der Waals surface area (Å²) >= 11 is 0. The molecule has 32 heavy (non-hydrogen) atoms. The molecule has 1 fully saturated rings. The number of rotatable bonds is 6. The second kappa shape index (κ2) is 9.89. The molecule has 3 heteroatoms. The van der Waals surface area contributed by atoms with E-state index in [0.29, 0.717) is 11.8 Å². The molecule has 5 rings (SSSR count). The number of aliphatic hydroxyl groups excluding tert-OH is 1. The predicted molar refractivity (Wildman–Crippen MR) is 129 cm³/mol. The molecule has 1 aliphatic heterocycles. The van der Waals surface area contributed by atoms with Crippen molar-refractivity contribution in [2.45, 2.75) is 44.1 Å². The van der Waals surface area contributed by atoms with Gasteiger partial charge in [0.25, 0.3) is 0 Å². The van der Waals surface area contributed by atoms with Gasteiger partial charge in [-0.15, -0.1) is 0 Å². The Kier molecular flexibility index (Phi) is 6.56. The van der Waals surface area contributed by atoms with E-state index in [1.165, 1.54) is 37.1 Å². The topological polar surface area (TPSA) is 32.7 Å². The Balaban J connectivity index is 1.14. The third kappa shape index (κ3) is 4.90. The van der Waals surface area contributed by atoms with Crippen molar-refractivity contribution in [1.29, 1.82) is 0 Å². The molecule has 1 heterocycles. The minimum absolute atomic E-state index is 0.343. The van der Waals surface area contributed by atoms with Crippen LogP contribution in [-0.4, -0.2) is 29.6 Å². The number of para-hydroxylation sites is 1. The normalized spacial score (nSPS) is 21.8. The van der Waals surface area contributed by atoms with E-state index >= 15 is 0 Å². The second-order valence-corrected chi connectivity index (χ2v) is 9.33. The van der Waals surface area contributed by atoms with Crippen LogP contribution in [0.3, 0.4) is 0 Å². The lowest BCUT2D eigenvalue weighted by atomic mass is 9.79. The van der Waals surface area contributed by atoms with Gasteiger partial charge < -0.3 is 14.7 Å². The zero-order valence-corrected chi connectivity index (χ0v) is 18.7. The fourth-order valence-corrected chi connectivity index (χ4v) is 5.39. The Hall–Kier alpha value is -2.62. The molecular weight excluding hydrogens is 394 g/mol. The highest BCUT2D eigenvalue weighted by Crippen LogP contribution is 2.39. The van der Waals surface area contributed by atoms with Gasteiger partial charge in [0.05, 0.1) is 6.10 Å². The molecule has 2 atom stereocenters. The van der Waals surface area contributed by atoms with Crippen LogP contribution in [0.4, 0.5) is 0 Å². The van der Waals surface area contributed by atoms with Crippen molar-refractivity contribution < 1.29 is 9.84 Å². The molecule has 1 saturated heterocycles. The van der Waals surface area contributed by atoms with E-state index in [4.69, 9.17) is 4.74 Å². The molecule has 2 aliphatic rings. The number of aliphatic hydroxyl groups is 1. The van der Waals surface area contributed by atoms with Crippen molar-refractivity contribution in [1.82, 2.24) is 4.90 Å². The Morgan fingerprint density at radius 2 is 1.53 bits per heavy atom. The lowest BCUT2D eigenvalue weighted by Crippen LogP contribution is -2.35. The van der Waals surface area contributed by atoms with Crippen molar-refractivity contribution in [2.24, 2.45) is 5.92 Å². The summed E-state index contributed by atoms with van der Waals surface area (Å²) in [5.74, 6) is 2.74. The van der Waals surface area contributed by atoms with Crippen LogP contribution < -0.4 is 4.74 Å². The van der Waals surface area contributed by atoms with Crippen molar-refractivity contribution in [3.63, 3.8) is 0 Å². The Morgan fingerprint density at radius 1 is 0.812 bits per heavy atom.